The van der Waals surface area contributed by atoms with E-state index >= 15 is 0 Å². The zero-order chi connectivity index (χ0) is 52.5. The predicted octanol–water partition coefficient (Wildman–Crippen LogP) is 12.7. The van der Waals surface area contributed by atoms with E-state index in [0.717, 1.165) is 78.4 Å². The van der Waals surface area contributed by atoms with Crippen molar-refractivity contribution in [2.45, 2.75) is 237 Å². The van der Waals surface area contributed by atoms with Crippen molar-refractivity contribution in [2.24, 2.45) is 69.0 Å². The smallest absolute Gasteiger partial charge is 0.312 e. The van der Waals surface area contributed by atoms with Crippen molar-refractivity contribution >= 4 is 52.7 Å². The van der Waals surface area contributed by atoms with Crippen LogP contribution in [0.2, 0.25) is 0 Å². The molecule has 2 heterocycles. The van der Waals surface area contributed by atoms with E-state index < -0.39 is 27.6 Å². The van der Waals surface area contributed by atoms with E-state index in [2.05, 4.69) is 34.6 Å². The first kappa shape index (κ1) is 58.6. The minimum Gasteiger partial charge on any atom is -0.458 e. The molecule has 0 spiro atoms. The molecule has 0 aromatic heterocycles. The Balaban J connectivity index is 0.000000205. The van der Waals surface area contributed by atoms with Crippen LogP contribution in [0.3, 0.4) is 0 Å². The fraction of sp³-hybridized carbons (Fsp3) is 0.875. The molecule has 69 heavy (non-hydrogen) atoms. The Kier molecular flexibility index (Phi) is 18.7. The summed E-state index contributed by atoms with van der Waals surface area (Å²) in [7, 11) is 0. The zero-order valence-corrected chi connectivity index (χ0v) is 47.0. The third-order valence-corrected chi connectivity index (χ3v) is 19.4. The summed E-state index contributed by atoms with van der Waals surface area (Å²) in [5, 5.41) is -0.443. The second-order valence-corrected chi connectivity index (χ2v) is 26.1. The Morgan fingerprint density at radius 3 is 1.58 bits per heavy atom. The lowest BCUT2D eigenvalue weighted by molar-refractivity contribution is -0.190. The Labute approximate surface area is 420 Å². The second-order valence-electron chi connectivity index (χ2n) is 25.2. The van der Waals surface area contributed by atoms with E-state index in [4.69, 9.17) is 18.9 Å². The first-order chi connectivity index (χ1) is 31.7. The molecule has 0 aromatic carbocycles. The van der Waals surface area contributed by atoms with Crippen LogP contribution in [0.1, 0.15) is 215 Å². The van der Waals surface area contributed by atoms with Crippen molar-refractivity contribution in [1.82, 2.24) is 4.90 Å². The van der Waals surface area contributed by atoms with Crippen molar-refractivity contribution in [1.29, 1.82) is 0 Å². The van der Waals surface area contributed by atoms with Crippen LogP contribution >= 0.6 is 11.8 Å². The van der Waals surface area contributed by atoms with E-state index in [1.807, 2.05) is 62.3 Å². The molecular weight excluding hydrogens is 895 g/mol. The van der Waals surface area contributed by atoms with Gasteiger partial charge in [0.05, 0.1) is 28.4 Å². The molecule has 2 saturated heterocycles. The van der Waals surface area contributed by atoms with Gasteiger partial charge in [-0.05, 0) is 180 Å². The summed E-state index contributed by atoms with van der Waals surface area (Å²) >= 11 is 0.885. The quantitative estimate of drug-likeness (QED) is 0.0978. The lowest BCUT2D eigenvalue weighted by Gasteiger charge is -2.49. The summed E-state index contributed by atoms with van der Waals surface area (Å²) < 4.78 is 22.8. The standard InChI is InChI=1S/C21H34O2.C14H26O2.C12H20O4.C9H13NO3S/c1-6-20(4,5)19(22)23-21(12(2)3)11-15-10-16(21)18-14-8-7-13(9-14)17(15)18;1-6-13(4,5)12(15)16-14(11(2)3)9-7-8-10-14;1-6-11(3,4)10(14)16-12(5)7-9(13)15-8(12)2;1-4-9(2,3)7(12)10-6(11)5-14-8(10)13/h12-18H,6-11H2,1-5H3;11H,6-10H2,1-5H3;8H,6-7H2,1-5H3;4-5H2,1-3H3. The van der Waals surface area contributed by atoms with Crippen LogP contribution in [-0.4, -0.2) is 74.5 Å². The average Bonchev–Trinajstić information content (AvgIpc) is 4.16. The van der Waals surface area contributed by atoms with Gasteiger partial charge in [0.2, 0.25) is 11.8 Å². The van der Waals surface area contributed by atoms with Gasteiger partial charge in [-0.15, -0.1) is 0 Å². The maximum Gasteiger partial charge on any atom is 0.312 e. The van der Waals surface area contributed by atoms with Gasteiger partial charge < -0.3 is 18.9 Å². The summed E-state index contributed by atoms with van der Waals surface area (Å²) in [4.78, 5) is 83.1. The Hall–Kier alpha value is -2.96. The molecule has 7 aliphatic rings. The number of rotatable bonds is 13. The number of carbonyl (C=O) groups excluding carboxylic acids is 7. The molecular formula is C56H93NO11S. The van der Waals surface area contributed by atoms with Crippen LogP contribution in [0.15, 0.2) is 0 Å². The summed E-state index contributed by atoms with van der Waals surface area (Å²) in [6.07, 6.45) is 14.1. The van der Waals surface area contributed by atoms with Crippen LogP contribution in [-0.2, 0) is 47.7 Å². The maximum atomic E-state index is 12.9. The molecule has 5 aliphatic carbocycles. The molecule has 0 aromatic rings. The first-order valence-corrected chi connectivity index (χ1v) is 27.7. The predicted molar refractivity (Wildman–Crippen MR) is 270 cm³/mol. The summed E-state index contributed by atoms with van der Waals surface area (Å²) in [5.74, 6) is 4.87. The highest BCUT2D eigenvalue weighted by atomic mass is 32.2. The van der Waals surface area contributed by atoms with Crippen molar-refractivity contribution < 1.29 is 52.5 Å². The van der Waals surface area contributed by atoms with Gasteiger partial charge in [0.15, 0.2) is 5.60 Å². The van der Waals surface area contributed by atoms with E-state index in [1.165, 1.54) is 38.5 Å². The summed E-state index contributed by atoms with van der Waals surface area (Å²) in [6, 6.07) is 0. The summed E-state index contributed by atoms with van der Waals surface area (Å²) in [5.41, 5.74) is -3.02. The summed E-state index contributed by atoms with van der Waals surface area (Å²) in [6.45, 7) is 35.5. The van der Waals surface area contributed by atoms with Crippen LogP contribution in [0, 0.1) is 69.0 Å². The average molecular weight is 988 g/mol. The van der Waals surface area contributed by atoms with Crippen molar-refractivity contribution in [2.75, 3.05) is 5.75 Å². The number of fused-ring (bicyclic) bond motifs is 9. The van der Waals surface area contributed by atoms with Gasteiger partial charge in [-0.3, -0.25) is 33.6 Å². The topological polar surface area (TPSA) is 160 Å². The number of amides is 3. The minimum atomic E-state index is -0.819. The fourth-order valence-electron chi connectivity index (χ4n) is 11.6. The zero-order valence-electron chi connectivity index (χ0n) is 46.1. The molecule has 0 radical (unpaired) electrons. The lowest BCUT2D eigenvalue weighted by atomic mass is 9.63. The number of cyclic esters (lactones) is 1. The third kappa shape index (κ3) is 12.3. The number of nitrogens with zero attached hydrogens (tertiary/aromatic N) is 1. The molecule has 394 valence electrons. The normalized spacial score (nSPS) is 31.0. The van der Waals surface area contributed by atoms with Gasteiger partial charge >= 0.3 is 23.9 Å². The third-order valence-electron chi connectivity index (χ3n) is 18.6. The highest BCUT2D eigenvalue weighted by Crippen LogP contribution is 2.71. The SMILES string of the molecule is CCC(C)(C)C(=O)N1C(=O)CSC1=O.CCC(C)(C)C(=O)OC1(C(C)C)CC2CC1C1C3CCC(C3)C21.CCC(C)(C)C(=O)OC1(C(C)C)CCCC1.CCC(C)(C)C(=O)OC1(C)CC(=O)OC1C. The van der Waals surface area contributed by atoms with Crippen LogP contribution < -0.4 is 0 Å². The number of hydrogen-bond acceptors (Lipinski definition) is 12. The van der Waals surface area contributed by atoms with Crippen molar-refractivity contribution in [3.05, 3.63) is 0 Å². The van der Waals surface area contributed by atoms with Crippen LogP contribution in [0.5, 0.6) is 0 Å². The fourth-order valence-corrected chi connectivity index (χ4v) is 12.3. The van der Waals surface area contributed by atoms with E-state index in [-0.39, 0.29) is 70.1 Å². The number of hydrogen-bond donors (Lipinski definition) is 0. The number of thioether (sulfide) groups is 1. The number of esters is 4. The molecule has 7 rings (SSSR count). The molecule has 12 nitrogen and oxygen atoms in total. The molecule has 0 N–H and O–H groups in total. The molecule has 5 saturated carbocycles. The Morgan fingerprint density at radius 2 is 1.16 bits per heavy atom. The van der Waals surface area contributed by atoms with Gasteiger partial charge in [-0.25, -0.2) is 4.90 Å². The van der Waals surface area contributed by atoms with Gasteiger partial charge in [0.25, 0.3) is 5.24 Å². The van der Waals surface area contributed by atoms with E-state index in [1.54, 1.807) is 27.7 Å². The van der Waals surface area contributed by atoms with Crippen LogP contribution in [0.4, 0.5) is 4.79 Å². The molecule has 9 atom stereocenters. The van der Waals surface area contributed by atoms with Crippen molar-refractivity contribution in [3.63, 3.8) is 0 Å². The number of carbonyl (C=O) groups is 7. The number of ether oxygens (including phenoxy) is 4. The minimum absolute atomic E-state index is 0.0226. The molecule has 3 amide bonds. The van der Waals surface area contributed by atoms with Gasteiger partial charge in [0.1, 0.15) is 17.3 Å². The van der Waals surface area contributed by atoms with Gasteiger partial charge in [-0.1, -0.05) is 81.0 Å². The van der Waals surface area contributed by atoms with Crippen LogP contribution in [0.25, 0.3) is 0 Å². The highest BCUT2D eigenvalue weighted by Gasteiger charge is 2.69. The molecule has 4 bridgehead atoms. The van der Waals surface area contributed by atoms with Crippen molar-refractivity contribution in [3.8, 4) is 0 Å². The first-order valence-electron chi connectivity index (χ1n) is 26.7. The molecule has 13 heteroatoms. The second kappa shape index (κ2) is 22.0. The monoisotopic (exact) mass is 988 g/mol. The molecule has 2 aliphatic heterocycles. The van der Waals surface area contributed by atoms with Gasteiger partial charge in [0, 0.05) is 11.3 Å². The van der Waals surface area contributed by atoms with Gasteiger partial charge in [-0.2, -0.15) is 0 Å². The highest BCUT2D eigenvalue weighted by molar-refractivity contribution is 8.14. The lowest BCUT2D eigenvalue weighted by Crippen LogP contribution is -2.52. The number of imide groups is 3. The largest absolute Gasteiger partial charge is 0.458 e. The maximum absolute atomic E-state index is 12.9. The molecule has 9 unspecified atom stereocenters. The molecule has 7 fully saturated rings. The Morgan fingerprint density at radius 1 is 0.681 bits per heavy atom. The Bertz CT molecular complexity index is 1880. The van der Waals surface area contributed by atoms with E-state index in [9.17, 15) is 33.6 Å². The van der Waals surface area contributed by atoms with E-state index in [0.29, 0.717) is 30.6 Å².